The first-order chi connectivity index (χ1) is 14.8. The fourth-order valence-corrected chi connectivity index (χ4v) is 3.97. The number of hydrogen-bond acceptors (Lipinski definition) is 4. The van der Waals surface area contributed by atoms with E-state index >= 15 is 0 Å². The van der Waals surface area contributed by atoms with Crippen LogP contribution in [0.15, 0.2) is 36.4 Å². The lowest BCUT2D eigenvalue weighted by Gasteiger charge is -2.22. The first kappa shape index (κ1) is 21.1. The Bertz CT molecular complexity index is 1070. The third-order valence-electron chi connectivity index (χ3n) is 5.44. The van der Waals surface area contributed by atoms with Crippen LogP contribution in [-0.4, -0.2) is 33.3 Å². The fraction of sp³-hybridized carbons (Fsp3) is 0.409. The van der Waals surface area contributed by atoms with Gasteiger partial charge in [0.1, 0.15) is 5.69 Å². The van der Waals surface area contributed by atoms with Crippen LogP contribution in [0.4, 0.5) is 13.2 Å². The van der Waals surface area contributed by atoms with E-state index in [4.69, 9.17) is 4.74 Å². The van der Waals surface area contributed by atoms with Crippen LogP contribution in [0.3, 0.4) is 0 Å². The molecule has 4 rings (SSSR count). The van der Waals surface area contributed by atoms with Gasteiger partial charge < -0.3 is 10.1 Å². The van der Waals surface area contributed by atoms with E-state index in [-0.39, 0.29) is 34.6 Å². The molecule has 1 aromatic carbocycles. The lowest BCUT2D eigenvalue weighted by molar-refractivity contribution is -0.136. The number of aryl methyl sites for hydroxylation is 1. The van der Waals surface area contributed by atoms with Gasteiger partial charge in [-0.3, -0.25) is 4.79 Å². The number of halogens is 3. The number of carbonyl (C=O) groups is 1. The highest BCUT2D eigenvalue weighted by molar-refractivity contribution is 5.94. The van der Waals surface area contributed by atoms with E-state index in [1.54, 1.807) is 30.3 Å². The van der Waals surface area contributed by atoms with Gasteiger partial charge in [0.25, 0.3) is 5.91 Å². The lowest BCUT2D eigenvalue weighted by atomic mass is 9.95. The quantitative estimate of drug-likeness (QED) is 0.645. The van der Waals surface area contributed by atoms with Gasteiger partial charge in [-0.25, -0.2) is 4.68 Å². The van der Waals surface area contributed by atoms with E-state index in [1.165, 1.54) is 11.7 Å². The van der Waals surface area contributed by atoms with Gasteiger partial charge in [0, 0.05) is 24.7 Å². The Morgan fingerprint density at radius 2 is 1.90 bits per heavy atom. The highest BCUT2D eigenvalue weighted by atomic mass is 19.4. The van der Waals surface area contributed by atoms with Crippen molar-refractivity contribution in [1.29, 1.82) is 0 Å². The van der Waals surface area contributed by atoms with Gasteiger partial charge >= 0.3 is 6.18 Å². The molecule has 164 valence electrons. The third kappa shape index (κ3) is 4.65. The minimum atomic E-state index is -4.64. The summed E-state index contributed by atoms with van der Waals surface area (Å²) in [5.41, 5.74) is -0.107. The molecule has 0 spiro atoms. The maximum Gasteiger partial charge on any atom is 0.417 e. The Hall–Kier alpha value is -3.10. The van der Waals surface area contributed by atoms with E-state index in [0.29, 0.717) is 5.56 Å². The van der Waals surface area contributed by atoms with Crippen molar-refractivity contribution in [3.8, 4) is 17.1 Å². The van der Waals surface area contributed by atoms with Crippen molar-refractivity contribution < 1.29 is 22.7 Å². The van der Waals surface area contributed by atoms with Gasteiger partial charge in [-0.05, 0) is 12.8 Å². The van der Waals surface area contributed by atoms with E-state index in [0.717, 1.165) is 38.2 Å². The molecule has 1 N–H and O–H groups in total. The molecule has 1 aliphatic rings. The normalized spacial score (nSPS) is 15.2. The molecule has 2 aromatic heterocycles. The van der Waals surface area contributed by atoms with Crippen molar-refractivity contribution in [2.75, 3.05) is 6.61 Å². The number of nitrogens with one attached hydrogen (secondary N) is 1. The second-order valence-electron chi connectivity index (χ2n) is 7.73. The largest absolute Gasteiger partial charge is 0.467 e. The molecule has 0 atom stereocenters. The molecule has 31 heavy (non-hydrogen) atoms. The van der Waals surface area contributed by atoms with Crippen LogP contribution in [0.1, 0.15) is 37.7 Å². The molecular formula is C22H23F3N4O2. The number of aromatic nitrogens is 3. The number of carbonyl (C=O) groups excluding carboxylic acids is 1. The number of nitrogens with zero attached hydrogens (tertiary/aromatic N) is 3. The van der Waals surface area contributed by atoms with Crippen LogP contribution in [0.5, 0.6) is 5.88 Å². The Balaban J connectivity index is 1.63. The van der Waals surface area contributed by atoms with E-state index < -0.39 is 18.3 Å². The zero-order valence-electron chi connectivity index (χ0n) is 17.1. The van der Waals surface area contributed by atoms with Crippen LogP contribution in [0.2, 0.25) is 0 Å². The number of rotatable bonds is 5. The minimum Gasteiger partial charge on any atom is -0.467 e. The average molecular weight is 432 g/mol. The van der Waals surface area contributed by atoms with Crippen LogP contribution in [0.25, 0.3) is 22.3 Å². The maximum absolute atomic E-state index is 13.9. The number of pyridine rings is 1. The van der Waals surface area contributed by atoms with E-state index in [1.807, 2.05) is 0 Å². The van der Waals surface area contributed by atoms with Crippen molar-refractivity contribution in [2.24, 2.45) is 7.05 Å². The van der Waals surface area contributed by atoms with Crippen LogP contribution < -0.4 is 10.1 Å². The predicted octanol–water partition coefficient (Wildman–Crippen LogP) is 4.48. The Labute approximate surface area is 177 Å². The lowest BCUT2D eigenvalue weighted by Crippen LogP contribution is -2.39. The van der Waals surface area contributed by atoms with Crippen LogP contribution >= 0.6 is 0 Å². The number of alkyl halides is 3. The van der Waals surface area contributed by atoms with Gasteiger partial charge in [-0.2, -0.15) is 23.3 Å². The van der Waals surface area contributed by atoms with Gasteiger partial charge in [0.2, 0.25) is 5.88 Å². The summed E-state index contributed by atoms with van der Waals surface area (Å²) in [5.74, 6) is -0.626. The summed E-state index contributed by atoms with van der Waals surface area (Å²) >= 11 is 0. The Morgan fingerprint density at radius 1 is 1.19 bits per heavy atom. The summed E-state index contributed by atoms with van der Waals surface area (Å²) in [5, 5.41) is 7.05. The predicted molar refractivity (Wildman–Crippen MR) is 109 cm³/mol. The fourth-order valence-electron chi connectivity index (χ4n) is 3.97. The molecule has 0 bridgehead atoms. The van der Waals surface area contributed by atoms with Gasteiger partial charge in [0.05, 0.1) is 10.9 Å². The van der Waals surface area contributed by atoms with Crippen LogP contribution in [-0.2, 0) is 18.0 Å². The molecule has 6 nitrogen and oxygen atoms in total. The molecular weight excluding hydrogens is 409 g/mol. The summed E-state index contributed by atoms with van der Waals surface area (Å²) in [6.07, 6.45) is 0.447. The Kier molecular flexibility index (Phi) is 5.84. The molecule has 1 aliphatic carbocycles. The zero-order valence-corrected chi connectivity index (χ0v) is 17.1. The minimum absolute atomic E-state index is 0.0383. The van der Waals surface area contributed by atoms with Gasteiger partial charge in [0.15, 0.2) is 12.3 Å². The number of amides is 1. The Morgan fingerprint density at radius 3 is 2.58 bits per heavy atom. The summed E-state index contributed by atoms with van der Waals surface area (Å²) in [6.45, 7) is -0.393. The van der Waals surface area contributed by atoms with E-state index in [9.17, 15) is 18.0 Å². The molecule has 9 heteroatoms. The van der Waals surface area contributed by atoms with Crippen molar-refractivity contribution in [2.45, 2.75) is 44.3 Å². The van der Waals surface area contributed by atoms with Crippen LogP contribution in [0, 0.1) is 0 Å². The molecule has 0 aliphatic heterocycles. The number of benzene rings is 1. The smallest absolute Gasteiger partial charge is 0.417 e. The monoisotopic (exact) mass is 432 g/mol. The molecule has 1 saturated carbocycles. The number of ether oxygens (including phenoxy) is 1. The highest BCUT2D eigenvalue weighted by Gasteiger charge is 2.36. The van der Waals surface area contributed by atoms with Crippen molar-refractivity contribution in [1.82, 2.24) is 20.1 Å². The number of fused-ring (bicyclic) bond motifs is 1. The summed E-state index contributed by atoms with van der Waals surface area (Å²) in [4.78, 5) is 16.4. The molecule has 1 amide bonds. The average Bonchev–Trinajstić information content (AvgIpc) is 3.09. The highest BCUT2D eigenvalue weighted by Crippen LogP contribution is 2.40. The maximum atomic E-state index is 13.9. The first-order valence-corrected chi connectivity index (χ1v) is 10.3. The SMILES string of the molecule is Cn1nc(-c2ccccc2)c2c(C(F)(F)F)cc(OCC(=O)NC3CCCCC3)nc21. The molecule has 2 heterocycles. The first-order valence-electron chi connectivity index (χ1n) is 10.3. The molecule has 0 unspecified atom stereocenters. The standard InChI is InChI=1S/C22H23F3N4O2/c1-29-21-19(20(28-29)14-8-4-2-5-9-14)16(22(23,24)25)12-18(27-21)31-13-17(30)26-15-10-6-3-7-11-15/h2,4-5,8-9,12,15H,3,6-7,10-11,13H2,1H3,(H,26,30). The van der Waals surface area contributed by atoms with E-state index in [2.05, 4.69) is 15.4 Å². The molecule has 1 fully saturated rings. The molecule has 0 radical (unpaired) electrons. The van der Waals surface area contributed by atoms with Gasteiger partial charge in [-0.15, -0.1) is 0 Å². The zero-order chi connectivity index (χ0) is 22.0. The topological polar surface area (TPSA) is 69.0 Å². The van der Waals surface area contributed by atoms with Crippen molar-refractivity contribution in [3.05, 3.63) is 42.0 Å². The van der Waals surface area contributed by atoms with Crippen molar-refractivity contribution >= 4 is 16.9 Å². The van der Waals surface area contributed by atoms with Crippen molar-refractivity contribution in [3.63, 3.8) is 0 Å². The second kappa shape index (κ2) is 8.56. The summed E-state index contributed by atoms with van der Waals surface area (Å²) < 4.78 is 48.4. The molecule has 0 saturated heterocycles. The van der Waals surface area contributed by atoms with Gasteiger partial charge in [-0.1, -0.05) is 49.6 Å². The summed E-state index contributed by atoms with van der Waals surface area (Å²) in [7, 11) is 1.53. The summed E-state index contributed by atoms with van der Waals surface area (Å²) in [6, 6.07) is 9.57. The molecule has 3 aromatic rings. The number of hydrogen-bond donors (Lipinski definition) is 1. The second-order valence-corrected chi connectivity index (χ2v) is 7.73. The third-order valence-corrected chi connectivity index (χ3v) is 5.44.